The van der Waals surface area contributed by atoms with E-state index >= 15 is 0 Å². The lowest BCUT2D eigenvalue weighted by atomic mass is 9.72. The summed E-state index contributed by atoms with van der Waals surface area (Å²) >= 11 is 0. The van der Waals surface area contributed by atoms with Crippen molar-refractivity contribution in [3.63, 3.8) is 0 Å². The van der Waals surface area contributed by atoms with E-state index in [0.717, 1.165) is 17.8 Å². The summed E-state index contributed by atoms with van der Waals surface area (Å²) < 4.78 is 0. The molecule has 0 amide bonds. The summed E-state index contributed by atoms with van der Waals surface area (Å²) in [6.07, 6.45) is 2.66. The Balaban J connectivity index is 2.74. The van der Waals surface area contributed by atoms with Gasteiger partial charge in [0.15, 0.2) is 0 Å². The molecular formula is C12H25N. The van der Waals surface area contributed by atoms with Crippen LogP contribution >= 0.6 is 0 Å². The summed E-state index contributed by atoms with van der Waals surface area (Å²) in [6, 6.07) is 0. The van der Waals surface area contributed by atoms with Gasteiger partial charge in [-0.15, -0.1) is 0 Å². The first-order valence-electron chi connectivity index (χ1n) is 5.78. The molecule has 0 aliphatic carbocycles. The van der Waals surface area contributed by atoms with Crippen molar-refractivity contribution in [2.24, 2.45) is 17.8 Å². The molecule has 1 fully saturated rings. The minimum Gasteiger partial charge on any atom is -0.311 e. The third-order valence-electron chi connectivity index (χ3n) is 3.88. The minimum absolute atomic E-state index is 0.357. The first-order valence-corrected chi connectivity index (χ1v) is 5.78. The molecule has 1 heteroatoms. The highest BCUT2D eigenvalue weighted by atomic mass is 15.0. The fourth-order valence-corrected chi connectivity index (χ4v) is 3.23. The second-order valence-electron chi connectivity index (χ2n) is 5.18. The largest absolute Gasteiger partial charge is 0.311 e. The third-order valence-corrected chi connectivity index (χ3v) is 3.88. The van der Waals surface area contributed by atoms with E-state index in [0.29, 0.717) is 5.54 Å². The molecule has 0 aromatic rings. The quantitative estimate of drug-likeness (QED) is 0.709. The van der Waals surface area contributed by atoms with E-state index < -0.39 is 0 Å². The predicted octanol–water partition coefficient (Wildman–Crippen LogP) is 3.06. The maximum atomic E-state index is 3.64. The Morgan fingerprint density at radius 1 is 1.31 bits per heavy atom. The van der Waals surface area contributed by atoms with Crippen LogP contribution in [-0.2, 0) is 0 Å². The van der Waals surface area contributed by atoms with Crippen molar-refractivity contribution >= 4 is 0 Å². The van der Waals surface area contributed by atoms with Crippen molar-refractivity contribution in [1.82, 2.24) is 5.32 Å². The molecule has 0 aromatic heterocycles. The van der Waals surface area contributed by atoms with Gasteiger partial charge < -0.3 is 5.32 Å². The van der Waals surface area contributed by atoms with Gasteiger partial charge in [-0.05, 0) is 38.1 Å². The van der Waals surface area contributed by atoms with Crippen LogP contribution in [0, 0.1) is 17.8 Å². The molecule has 0 spiro atoms. The first kappa shape index (κ1) is 11.0. The van der Waals surface area contributed by atoms with Gasteiger partial charge in [0, 0.05) is 5.54 Å². The van der Waals surface area contributed by atoms with Gasteiger partial charge in [-0.2, -0.15) is 0 Å². The molecule has 78 valence electrons. The Hall–Kier alpha value is -0.0400. The second-order valence-corrected chi connectivity index (χ2v) is 5.18. The van der Waals surface area contributed by atoms with Crippen LogP contribution in [0.5, 0.6) is 0 Å². The fraction of sp³-hybridized carbons (Fsp3) is 1.00. The van der Waals surface area contributed by atoms with Gasteiger partial charge >= 0.3 is 0 Å². The molecule has 0 bridgehead atoms. The van der Waals surface area contributed by atoms with E-state index in [9.17, 15) is 0 Å². The summed E-state index contributed by atoms with van der Waals surface area (Å²) in [4.78, 5) is 0. The summed E-state index contributed by atoms with van der Waals surface area (Å²) in [6.45, 7) is 13.0. The number of rotatable bonds is 3. The smallest absolute Gasteiger partial charge is 0.0159 e. The fourth-order valence-electron chi connectivity index (χ4n) is 3.23. The van der Waals surface area contributed by atoms with Crippen molar-refractivity contribution in [3.8, 4) is 0 Å². The maximum Gasteiger partial charge on any atom is 0.0159 e. The van der Waals surface area contributed by atoms with E-state index in [-0.39, 0.29) is 0 Å². The van der Waals surface area contributed by atoms with Crippen molar-refractivity contribution in [3.05, 3.63) is 0 Å². The molecule has 1 saturated heterocycles. The molecule has 0 saturated carbocycles. The average molecular weight is 183 g/mol. The lowest BCUT2D eigenvalue weighted by Crippen LogP contribution is -2.41. The van der Waals surface area contributed by atoms with E-state index in [4.69, 9.17) is 0 Å². The monoisotopic (exact) mass is 183 g/mol. The van der Waals surface area contributed by atoms with E-state index in [2.05, 4.69) is 39.9 Å². The van der Waals surface area contributed by atoms with E-state index in [1.165, 1.54) is 19.4 Å². The van der Waals surface area contributed by atoms with Crippen molar-refractivity contribution in [1.29, 1.82) is 0 Å². The van der Waals surface area contributed by atoms with Gasteiger partial charge in [-0.1, -0.05) is 33.6 Å². The molecule has 1 N–H and O–H groups in total. The van der Waals surface area contributed by atoms with Crippen LogP contribution < -0.4 is 5.32 Å². The molecular weight excluding hydrogens is 158 g/mol. The lowest BCUT2D eigenvalue weighted by Gasteiger charge is -2.35. The zero-order valence-electron chi connectivity index (χ0n) is 9.85. The zero-order valence-corrected chi connectivity index (χ0v) is 9.85. The van der Waals surface area contributed by atoms with Crippen LogP contribution in [0.1, 0.15) is 47.5 Å². The van der Waals surface area contributed by atoms with Crippen molar-refractivity contribution in [2.75, 3.05) is 6.54 Å². The van der Waals surface area contributed by atoms with Crippen LogP contribution in [0.15, 0.2) is 0 Å². The molecule has 1 nitrogen and oxygen atoms in total. The van der Waals surface area contributed by atoms with Gasteiger partial charge in [-0.3, -0.25) is 0 Å². The second kappa shape index (κ2) is 4.00. The summed E-state index contributed by atoms with van der Waals surface area (Å²) in [5.41, 5.74) is 0.357. The molecule has 1 heterocycles. The first-order chi connectivity index (χ1) is 6.03. The molecule has 1 rings (SSSR count). The standard InChI is InChI=1S/C12H25N/c1-6-10(7-2)11-9(3)8-13-12(11,4)5/h9-11,13H,6-8H2,1-5H3. The Morgan fingerprint density at radius 2 is 1.85 bits per heavy atom. The number of nitrogens with one attached hydrogen (secondary N) is 1. The Kier molecular flexibility index (Phi) is 3.39. The van der Waals surface area contributed by atoms with E-state index in [1.807, 2.05) is 0 Å². The van der Waals surface area contributed by atoms with Crippen molar-refractivity contribution in [2.45, 2.75) is 53.0 Å². The SMILES string of the molecule is CCC(CC)C1C(C)CNC1(C)C. The topological polar surface area (TPSA) is 12.0 Å². The van der Waals surface area contributed by atoms with Crippen LogP contribution in [0.3, 0.4) is 0 Å². The van der Waals surface area contributed by atoms with Crippen LogP contribution in [-0.4, -0.2) is 12.1 Å². The normalized spacial score (nSPS) is 32.8. The number of hydrogen-bond donors (Lipinski definition) is 1. The van der Waals surface area contributed by atoms with Crippen molar-refractivity contribution < 1.29 is 0 Å². The summed E-state index contributed by atoms with van der Waals surface area (Å²) in [5, 5.41) is 3.64. The predicted molar refractivity (Wildman–Crippen MR) is 58.8 cm³/mol. The average Bonchev–Trinajstić information content (AvgIpc) is 2.33. The van der Waals surface area contributed by atoms with Gasteiger partial charge in [0.05, 0.1) is 0 Å². The summed E-state index contributed by atoms with van der Waals surface area (Å²) in [5.74, 6) is 2.61. The zero-order chi connectivity index (χ0) is 10.1. The molecule has 2 atom stereocenters. The Bertz CT molecular complexity index is 159. The summed E-state index contributed by atoms with van der Waals surface area (Å²) in [7, 11) is 0. The molecule has 13 heavy (non-hydrogen) atoms. The van der Waals surface area contributed by atoms with Gasteiger partial charge in [0.25, 0.3) is 0 Å². The van der Waals surface area contributed by atoms with Crippen LogP contribution in [0.4, 0.5) is 0 Å². The van der Waals surface area contributed by atoms with Crippen LogP contribution in [0.2, 0.25) is 0 Å². The Morgan fingerprint density at radius 3 is 2.15 bits per heavy atom. The molecule has 1 aliphatic rings. The van der Waals surface area contributed by atoms with Crippen LogP contribution in [0.25, 0.3) is 0 Å². The van der Waals surface area contributed by atoms with Gasteiger partial charge in [0.2, 0.25) is 0 Å². The minimum atomic E-state index is 0.357. The molecule has 0 aromatic carbocycles. The Labute approximate surface area is 83.3 Å². The highest BCUT2D eigenvalue weighted by Crippen LogP contribution is 2.39. The molecule has 2 unspecified atom stereocenters. The highest BCUT2D eigenvalue weighted by Gasteiger charge is 2.42. The van der Waals surface area contributed by atoms with Gasteiger partial charge in [-0.25, -0.2) is 0 Å². The van der Waals surface area contributed by atoms with E-state index in [1.54, 1.807) is 0 Å². The molecule has 0 radical (unpaired) electrons. The molecule has 1 aliphatic heterocycles. The lowest BCUT2D eigenvalue weighted by molar-refractivity contribution is 0.185. The third kappa shape index (κ3) is 2.07. The highest BCUT2D eigenvalue weighted by molar-refractivity contribution is 4.98. The van der Waals surface area contributed by atoms with Gasteiger partial charge in [0.1, 0.15) is 0 Å². The number of hydrogen-bond acceptors (Lipinski definition) is 1. The maximum absolute atomic E-state index is 3.64.